The minimum Gasteiger partial charge on any atom is -0.333 e. The molecule has 0 saturated carbocycles. The molecule has 1 N–H and O–H groups in total. The molecule has 0 radical (unpaired) electrons. The summed E-state index contributed by atoms with van der Waals surface area (Å²) < 4.78 is 2.34. The summed E-state index contributed by atoms with van der Waals surface area (Å²) in [4.78, 5) is 6.91. The minimum atomic E-state index is 0.676. The van der Waals surface area contributed by atoms with Crippen molar-refractivity contribution in [2.24, 2.45) is 11.8 Å². The fraction of sp³-hybridized carbons (Fsp3) is 0.812. The summed E-state index contributed by atoms with van der Waals surface area (Å²) in [5.41, 5.74) is 1.31. The molecule has 1 unspecified atom stereocenters. The van der Waals surface area contributed by atoms with E-state index >= 15 is 0 Å². The van der Waals surface area contributed by atoms with Crippen molar-refractivity contribution < 1.29 is 0 Å². The lowest BCUT2D eigenvalue weighted by atomic mass is 10.1. The molecule has 1 saturated heterocycles. The van der Waals surface area contributed by atoms with Gasteiger partial charge in [-0.25, -0.2) is 4.98 Å². The van der Waals surface area contributed by atoms with Crippen LogP contribution in [0, 0.1) is 11.8 Å². The molecule has 20 heavy (non-hydrogen) atoms. The Morgan fingerprint density at radius 3 is 2.80 bits per heavy atom. The van der Waals surface area contributed by atoms with Gasteiger partial charge in [0.15, 0.2) is 0 Å². The Morgan fingerprint density at radius 1 is 1.35 bits per heavy atom. The summed E-state index contributed by atoms with van der Waals surface area (Å²) in [6.45, 7) is 14.7. The van der Waals surface area contributed by atoms with Gasteiger partial charge in [0.2, 0.25) is 0 Å². The van der Waals surface area contributed by atoms with Crippen LogP contribution >= 0.6 is 0 Å². The molecule has 2 heterocycles. The van der Waals surface area contributed by atoms with E-state index in [2.05, 4.69) is 47.5 Å². The van der Waals surface area contributed by atoms with E-state index in [0.717, 1.165) is 25.6 Å². The van der Waals surface area contributed by atoms with Gasteiger partial charge >= 0.3 is 0 Å². The van der Waals surface area contributed by atoms with Crippen molar-refractivity contribution in [2.45, 2.75) is 53.2 Å². The largest absolute Gasteiger partial charge is 0.333 e. The summed E-state index contributed by atoms with van der Waals surface area (Å²) in [7, 11) is 0. The second-order valence-electron chi connectivity index (χ2n) is 6.81. The smallest absolute Gasteiger partial charge is 0.0948 e. The fourth-order valence-electron chi connectivity index (χ4n) is 2.91. The SMILES string of the molecule is CC(C)CNCc1cncn1CC1CCN(C(C)C)C1. The van der Waals surface area contributed by atoms with Crippen LogP contribution in [0.25, 0.3) is 0 Å². The van der Waals surface area contributed by atoms with Crippen molar-refractivity contribution >= 4 is 0 Å². The number of imidazole rings is 1. The van der Waals surface area contributed by atoms with E-state index in [0.29, 0.717) is 12.0 Å². The molecule has 0 aromatic carbocycles. The average Bonchev–Trinajstić information content (AvgIpc) is 2.99. The van der Waals surface area contributed by atoms with E-state index in [-0.39, 0.29) is 0 Å². The van der Waals surface area contributed by atoms with Gasteiger partial charge in [-0.2, -0.15) is 0 Å². The molecule has 4 nitrogen and oxygen atoms in total. The van der Waals surface area contributed by atoms with Gasteiger partial charge in [-0.05, 0) is 45.2 Å². The molecule has 0 spiro atoms. The molecule has 1 aliphatic rings. The highest BCUT2D eigenvalue weighted by Gasteiger charge is 2.24. The standard InChI is InChI=1S/C16H30N4/c1-13(2)7-17-8-16-9-18-12-20(16)11-15-5-6-19(10-15)14(3)4/h9,12-15,17H,5-8,10-11H2,1-4H3. The van der Waals surface area contributed by atoms with Crippen molar-refractivity contribution in [1.29, 1.82) is 0 Å². The van der Waals surface area contributed by atoms with Gasteiger partial charge in [0.25, 0.3) is 0 Å². The summed E-state index contributed by atoms with van der Waals surface area (Å²) in [5, 5.41) is 3.51. The van der Waals surface area contributed by atoms with Gasteiger partial charge < -0.3 is 14.8 Å². The Morgan fingerprint density at radius 2 is 2.15 bits per heavy atom. The predicted octanol–water partition coefficient (Wildman–Crippen LogP) is 2.36. The first-order valence-corrected chi connectivity index (χ1v) is 8.00. The second-order valence-corrected chi connectivity index (χ2v) is 6.81. The summed E-state index contributed by atoms with van der Waals surface area (Å²) in [6.07, 6.45) is 5.31. The van der Waals surface area contributed by atoms with E-state index in [1.54, 1.807) is 0 Å². The molecule has 0 amide bonds. The van der Waals surface area contributed by atoms with Gasteiger partial charge in [0, 0.05) is 31.9 Å². The highest BCUT2D eigenvalue weighted by Crippen LogP contribution is 2.20. The lowest BCUT2D eigenvalue weighted by Crippen LogP contribution is -2.29. The first-order valence-electron chi connectivity index (χ1n) is 8.00. The maximum atomic E-state index is 4.33. The van der Waals surface area contributed by atoms with E-state index in [9.17, 15) is 0 Å². The van der Waals surface area contributed by atoms with Crippen LogP contribution in [-0.2, 0) is 13.1 Å². The van der Waals surface area contributed by atoms with E-state index in [4.69, 9.17) is 0 Å². The number of nitrogens with zero attached hydrogens (tertiary/aromatic N) is 3. The van der Waals surface area contributed by atoms with Crippen molar-refractivity contribution in [3.63, 3.8) is 0 Å². The molecule has 4 heteroatoms. The van der Waals surface area contributed by atoms with E-state index in [1.165, 1.54) is 25.2 Å². The van der Waals surface area contributed by atoms with Crippen LogP contribution in [0.2, 0.25) is 0 Å². The average molecular weight is 278 g/mol. The van der Waals surface area contributed by atoms with Crippen LogP contribution < -0.4 is 5.32 Å². The molecular formula is C16H30N4. The number of hydrogen-bond acceptors (Lipinski definition) is 3. The van der Waals surface area contributed by atoms with Crippen LogP contribution in [0.1, 0.15) is 39.8 Å². The summed E-state index contributed by atoms with van der Waals surface area (Å²) in [5.74, 6) is 1.47. The number of nitrogens with one attached hydrogen (secondary N) is 1. The lowest BCUT2D eigenvalue weighted by molar-refractivity contribution is 0.260. The Hall–Kier alpha value is -0.870. The van der Waals surface area contributed by atoms with Gasteiger partial charge in [0.1, 0.15) is 0 Å². The molecule has 0 aliphatic carbocycles. The Balaban J connectivity index is 1.83. The van der Waals surface area contributed by atoms with Gasteiger partial charge in [-0.1, -0.05) is 13.8 Å². The Labute approximate surface area is 123 Å². The number of likely N-dealkylation sites (tertiary alicyclic amines) is 1. The van der Waals surface area contributed by atoms with Crippen LogP contribution in [0.4, 0.5) is 0 Å². The molecule has 1 aromatic heterocycles. The highest BCUT2D eigenvalue weighted by atomic mass is 15.2. The Kier molecular flexibility index (Phi) is 5.61. The molecule has 2 rings (SSSR count). The first-order chi connectivity index (χ1) is 9.56. The van der Waals surface area contributed by atoms with Crippen molar-refractivity contribution in [2.75, 3.05) is 19.6 Å². The third-order valence-electron chi connectivity index (χ3n) is 4.16. The maximum absolute atomic E-state index is 4.33. The van der Waals surface area contributed by atoms with Crippen molar-refractivity contribution in [1.82, 2.24) is 19.8 Å². The van der Waals surface area contributed by atoms with Crippen LogP contribution in [0.3, 0.4) is 0 Å². The normalized spacial score (nSPS) is 20.4. The minimum absolute atomic E-state index is 0.676. The maximum Gasteiger partial charge on any atom is 0.0948 e. The van der Waals surface area contributed by atoms with Crippen LogP contribution in [-0.4, -0.2) is 40.1 Å². The van der Waals surface area contributed by atoms with Crippen LogP contribution in [0.5, 0.6) is 0 Å². The molecule has 114 valence electrons. The topological polar surface area (TPSA) is 33.1 Å². The molecule has 1 atom stereocenters. The van der Waals surface area contributed by atoms with Gasteiger partial charge in [0.05, 0.1) is 12.0 Å². The van der Waals surface area contributed by atoms with E-state index < -0.39 is 0 Å². The summed E-state index contributed by atoms with van der Waals surface area (Å²) in [6, 6.07) is 0.676. The Bertz CT molecular complexity index is 397. The molecule has 1 aliphatic heterocycles. The predicted molar refractivity (Wildman–Crippen MR) is 83.6 cm³/mol. The van der Waals surface area contributed by atoms with Crippen LogP contribution in [0.15, 0.2) is 12.5 Å². The molecule has 0 bridgehead atoms. The third-order valence-corrected chi connectivity index (χ3v) is 4.16. The van der Waals surface area contributed by atoms with Gasteiger partial charge in [-0.3, -0.25) is 0 Å². The van der Waals surface area contributed by atoms with E-state index in [1.807, 2.05) is 12.5 Å². The highest BCUT2D eigenvalue weighted by molar-refractivity contribution is 4.98. The first kappa shape index (κ1) is 15.5. The molecule has 1 aromatic rings. The second kappa shape index (κ2) is 7.23. The van der Waals surface area contributed by atoms with Crippen molar-refractivity contribution in [3.8, 4) is 0 Å². The lowest BCUT2D eigenvalue weighted by Gasteiger charge is -2.20. The fourth-order valence-corrected chi connectivity index (χ4v) is 2.91. The van der Waals surface area contributed by atoms with Crippen molar-refractivity contribution in [3.05, 3.63) is 18.2 Å². The zero-order valence-corrected chi connectivity index (χ0v) is 13.5. The number of aromatic nitrogens is 2. The summed E-state index contributed by atoms with van der Waals surface area (Å²) >= 11 is 0. The molecular weight excluding hydrogens is 248 g/mol. The quantitative estimate of drug-likeness (QED) is 0.831. The van der Waals surface area contributed by atoms with Gasteiger partial charge in [-0.15, -0.1) is 0 Å². The zero-order valence-electron chi connectivity index (χ0n) is 13.5. The third kappa shape index (κ3) is 4.32. The number of hydrogen-bond donors (Lipinski definition) is 1. The zero-order chi connectivity index (χ0) is 14.5. The number of rotatable bonds is 7. The molecule has 1 fully saturated rings. The monoisotopic (exact) mass is 278 g/mol.